The highest BCUT2D eigenvalue weighted by molar-refractivity contribution is 6.30. The Bertz CT molecular complexity index is 456. The normalized spacial score (nSPS) is 19.6. The first-order valence-electron chi connectivity index (χ1n) is 8.28. The van der Waals surface area contributed by atoms with E-state index in [9.17, 15) is 0 Å². The Balaban J connectivity index is 2.17. The van der Waals surface area contributed by atoms with E-state index in [1.54, 1.807) is 0 Å². The molecule has 21 heavy (non-hydrogen) atoms. The fourth-order valence-electron chi connectivity index (χ4n) is 3.53. The first-order valence-corrected chi connectivity index (χ1v) is 8.66. The number of nitrogens with two attached hydrogens (primary N) is 1. The van der Waals surface area contributed by atoms with E-state index in [1.165, 1.54) is 36.9 Å². The molecule has 118 valence electrons. The molecule has 3 heteroatoms. The molecule has 1 aromatic rings. The van der Waals surface area contributed by atoms with Crippen molar-refractivity contribution < 1.29 is 0 Å². The fraction of sp³-hybridized carbons (Fsp3) is 0.667. The molecule has 0 radical (unpaired) electrons. The second-order valence-corrected chi connectivity index (χ2v) is 7.09. The summed E-state index contributed by atoms with van der Waals surface area (Å²) >= 11 is 6.23. The summed E-state index contributed by atoms with van der Waals surface area (Å²) in [6, 6.07) is 6.42. The van der Waals surface area contributed by atoms with Gasteiger partial charge in [0.25, 0.3) is 0 Å². The summed E-state index contributed by atoms with van der Waals surface area (Å²) in [4.78, 5) is 2.51. The number of rotatable bonds is 5. The van der Waals surface area contributed by atoms with Crippen LogP contribution in [0.2, 0.25) is 5.02 Å². The summed E-state index contributed by atoms with van der Waals surface area (Å²) < 4.78 is 0. The molecule has 0 bridgehead atoms. The summed E-state index contributed by atoms with van der Waals surface area (Å²) in [6.07, 6.45) is 6.06. The van der Waals surface area contributed by atoms with Crippen molar-refractivity contribution in [2.24, 2.45) is 11.1 Å². The lowest BCUT2D eigenvalue weighted by atomic mass is 9.74. The average Bonchev–Trinajstić information content (AvgIpc) is 2.49. The summed E-state index contributed by atoms with van der Waals surface area (Å²) in [6.45, 7) is 9.00. The topological polar surface area (TPSA) is 29.3 Å². The standard InChI is InChI=1S/C18H29ClN2/c1-4-18(5-2)8-10-21(11-9-18)17-13-16(19)7-6-15(17)12-14(3)20/h6-7,13-14H,4-5,8-12,20H2,1-3H3. The van der Waals surface area contributed by atoms with Crippen LogP contribution < -0.4 is 10.6 Å². The van der Waals surface area contributed by atoms with Crippen molar-refractivity contribution in [2.45, 2.75) is 58.9 Å². The third-order valence-corrected chi connectivity index (χ3v) is 5.49. The van der Waals surface area contributed by atoms with Crippen LogP contribution in [0.5, 0.6) is 0 Å². The van der Waals surface area contributed by atoms with Crippen LogP contribution in [0.3, 0.4) is 0 Å². The van der Waals surface area contributed by atoms with Gasteiger partial charge in [-0.2, -0.15) is 0 Å². The van der Waals surface area contributed by atoms with E-state index in [1.807, 2.05) is 6.07 Å². The van der Waals surface area contributed by atoms with Crippen molar-refractivity contribution in [3.8, 4) is 0 Å². The Hall–Kier alpha value is -0.730. The van der Waals surface area contributed by atoms with E-state index in [2.05, 4.69) is 37.8 Å². The minimum Gasteiger partial charge on any atom is -0.371 e. The highest BCUT2D eigenvalue weighted by Crippen LogP contribution is 2.40. The third-order valence-electron chi connectivity index (χ3n) is 5.25. The van der Waals surface area contributed by atoms with Crippen molar-refractivity contribution >= 4 is 17.3 Å². The molecule has 1 atom stereocenters. The summed E-state index contributed by atoms with van der Waals surface area (Å²) in [5, 5.41) is 0.821. The van der Waals surface area contributed by atoms with Crippen molar-refractivity contribution in [3.63, 3.8) is 0 Å². The van der Waals surface area contributed by atoms with Gasteiger partial charge >= 0.3 is 0 Å². The zero-order valence-electron chi connectivity index (χ0n) is 13.7. The molecule has 2 N–H and O–H groups in total. The van der Waals surface area contributed by atoms with Gasteiger partial charge < -0.3 is 10.6 Å². The van der Waals surface area contributed by atoms with E-state index < -0.39 is 0 Å². The van der Waals surface area contributed by atoms with Crippen LogP contribution in [0, 0.1) is 5.41 Å². The van der Waals surface area contributed by atoms with Gasteiger partial charge in [-0.3, -0.25) is 0 Å². The number of halogens is 1. The maximum atomic E-state index is 6.23. The average molecular weight is 309 g/mol. The predicted octanol–water partition coefficient (Wildman–Crippen LogP) is 4.64. The molecule has 0 aliphatic carbocycles. The van der Waals surface area contributed by atoms with Gasteiger partial charge in [-0.15, -0.1) is 0 Å². The van der Waals surface area contributed by atoms with Crippen LogP contribution in [-0.2, 0) is 6.42 Å². The van der Waals surface area contributed by atoms with Gasteiger partial charge in [0.05, 0.1) is 0 Å². The summed E-state index contributed by atoms with van der Waals surface area (Å²) in [7, 11) is 0. The number of benzene rings is 1. The fourth-order valence-corrected chi connectivity index (χ4v) is 3.70. The zero-order chi connectivity index (χ0) is 15.5. The Morgan fingerprint density at radius 1 is 1.24 bits per heavy atom. The van der Waals surface area contributed by atoms with Gasteiger partial charge in [0.2, 0.25) is 0 Å². The molecule has 2 nitrogen and oxygen atoms in total. The maximum absolute atomic E-state index is 6.23. The summed E-state index contributed by atoms with van der Waals surface area (Å²) in [5.74, 6) is 0. The molecule has 1 aliphatic rings. The van der Waals surface area contributed by atoms with Gasteiger partial charge in [0.1, 0.15) is 0 Å². The van der Waals surface area contributed by atoms with Gasteiger partial charge in [0.15, 0.2) is 0 Å². The molecule has 0 saturated carbocycles. The molecule has 1 aliphatic heterocycles. The number of hydrogen-bond acceptors (Lipinski definition) is 2. The zero-order valence-corrected chi connectivity index (χ0v) is 14.4. The maximum Gasteiger partial charge on any atom is 0.0426 e. The Morgan fingerprint density at radius 3 is 2.38 bits per heavy atom. The lowest BCUT2D eigenvalue weighted by Crippen LogP contribution is -2.40. The third kappa shape index (κ3) is 3.92. The highest BCUT2D eigenvalue weighted by atomic mass is 35.5. The predicted molar refractivity (Wildman–Crippen MR) is 93.3 cm³/mol. The van der Waals surface area contributed by atoms with Crippen LogP contribution in [0.1, 0.15) is 52.0 Å². The van der Waals surface area contributed by atoms with E-state index >= 15 is 0 Å². The second-order valence-electron chi connectivity index (χ2n) is 6.65. The van der Waals surface area contributed by atoms with Crippen molar-refractivity contribution in [1.29, 1.82) is 0 Å². The Morgan fingerprint density at radius 2 is 1.86 bits per heavy atom. The lowest BCUT2D eigenvalue weighted by molar-refractivity contribution is 0.199. The smallest absolute Gasteiger partial charge is 0.0426 e. The van der Waals surface area contributed by atoms with Gasteiger partial charge in [0, 0.05) is 29.8 Å². The van der Waals surface area contributed by atoms with Gasteiger partial charge in [-0.1, -0.05) is 44.4 Å². The van der Waals surface area contributed by atoms with Crippen LogP contribution >= 0.6 is 11.6 Å². The molecule has 1 unspecified atom stereocenters. The largest absolute Gasteiger partial charge is 0.371 e. The molecule has 1 aromatic carbocycles. The van der Waals surface area contributed by atoms with E-state index in [-0.39, 0.29) is 6.04 Å². The molecule has 2 rings (SSSR count). The molecule has 0 amide bonds. The first kappa shape index (κ1) is 16.6. The van der Waals surface area contributed by atoms with Crippen molar-refractivity contribution in [1.82, 2.24) is 0 Å². The molecule has 0 spiro atoms. The van der Waals surface area contributed by atoms with E-state index in [0.717, 1.165) is 24.5 Å². The second kappa shape index (κ2) is 7.02. The Labute approximate surface area is 134 Å². The molecular formula is C18H29ClN2. The quantitative estimate of drug-likeness (QED) is 0.859. The first-order chi connectivity index (χ1) is 9.99. The number of piperidine rings is 1. The number of nitrogens with zero attached hydrogens (tertiary/aromatic N) is 1. The number of hydrogen-bond donors (Lipinski definition) is 1. The van der Waals surface area contributed by atoms with E-state index in [4.69, 9.17) is 17.3 Å². The van der Waals surface area contributed by atoms with Gasteiger partial charge in [-0.05, 0) is 49.3 Å². The van der Waals surface area contributed by atoms with Crippen LogP contribution in [0.4, 0.5) is 5.69 Å². The monoisotopic (exact) mass is 308 g/mol. The highest BCUT2D eigenvalue weighted by Gasteiger charge is 2.31. The van der Waals surface area contributed by atoms with E-state index in [0.29, 0.717) is 5.41 Å². The minimum absolute atomic E-state index is 0.181. The molecule has 1 fully saturated rings. The van der Waals surface area contributed by atoms with Crippen LogP contribution in [0.15, 0.2) is 18.2 Å². The van der Waals surface area contributed by atoms with Crippen LogP contribution in [-0.4, -0.2) is 19.1 Å². The van der Waals surface area contributed by atoms with Crippen molar-refractivity contribution in [3.05, 3.63) is 28.8 Å². The van der Waals surface area contributed by atoms with Gasteiger partial charge in [-0.25, -0.2) is 0 Å². The lowest BCUT2D eigenvalue weighted by Gasteiger charge is -2.42. The molecular weight excluding hydrogens is 280 g/mol. The van der Waals surface area contributed by atoms with Crippen molar-refractivity contribution in [2.75, 3.05) is 18.0 Å². The molecule has 0 aromatic heterocycles. The molecule has 1 saturated heterocycles. The Kier molecular flexibility index (Phi) is 5.56. The SMILES string of the molecule is CCC1(CC)CCN(c2cc(Cl)ccc2CC(C)N)CC1. The van der Waals surface area contributed by atoms with Crippen LogP contribution in [0.25, 0.3) is 0 Å². The molecule has 1 heterocycles. The summed E-state index contributed by atoms with van der Waals surface area (Å²) in [5.41, 5.74) is 9.17. The number of anilines is 1. The minimum atomic E-state index is 0.181.